The van der Waals surface area contributed by atoms with Crippen molar-refractivity contribution in [2.24, 2.45) is 11.7 Å². The van der Waals surface area contributed by atoms with Gasteiger partial charge in [-0.1, -0.05) is 30.3 Å². The summed E-state index contributed by atoms with van der Waals surface area (Å²) in [6.45, 7) is 1.06. The molecule has 6 heteroatoms. The van der Waals surface area contributed by atoms with Crippen LogP contribution in [-0.4, -0.2) is 30.9 Å². The van der Waals surface area contributed by atoms with E-state index >= 15 is 0 Å². The summed E-state index contributed by atoms with van der Waals surface area (Å²) in [5, 5.41) is 2.74. The van der Waals surface area contributed by atoms with Gasteiger partial charge in [0, 0.05) is 12.5 Å². The van der Waals surface area contributed by atoms with Gasteiger partial charge in [-0.25, -0.2) is 0 Å². The minimum atomic E-state index is -0.625. The molecule has 0 spiro atoms. The Balaban J connectivity index is 0.00000220. The van der Waals surface area contributed by atoms with Crippen LogP contribution in [0.5, 0.6) is 0 Å². The highest BCUT2D eigenvalue weighted by molar-refractivity contribution is 5.86. The molecule has 0 aliphatic carbocycles. The average molecular weight is 313 g/mol. The van der Waals surface area contributed by atoms with Crippen molar-refractivity contribution in [3.05, 3.63) is 35.9 Å². The van der Waals surface area contributed by atoms with Crippen LogP contribution in [-0.2, 0) is 20.9 Å². The highest BCUT2D eigenvalue weighted by Crippen LogP contribution is 2.15. The first-order valence-electron chi connectivity index (χ1n) is 6.84. The Kier molecular flexibility index (Phi) is 7.36. The Hall–Kier alpha value is -1.43. The molecule has 0 saturated carbocycles. The summed E-state index contributed by atoms with van der Waals surface area (Å²) in [6, 6.07) is 9.02. The number of benzene rings is 1. The molecule has 1 amide bonds. The summed E-state index contributed by atoms with van der Waals surface area (Å²) in [5.41, 5.74) is 6.85. The number of carbonyl (C=O) groups excluding carboxylic acids is 2. The third-order valence-electron chi connectivity index (χ3n) is 3.47. The zero-order chi connectivity index (χ0) is 14.4. The van der Waals surface area contributed by atoms with Gasteiger partial charge in [0.15, 0.2) is 5.78 Å². The Morgan fingerprint density at radius 3 is 2.71 bits per heavy atom. The van der Waals surface area contributed by atoms with E-state index < -0.39 is 6.04 Å². The number of nitrogens with two attached hydrogens (primary N) is 1. The fourth-order valence-electron chi connectivity index (χ4n) is 2.26. The van der Waals surface area contributed by atoms with Crippen LogP contribution in [0.15, 0.2) is 30.3 Å². The first kappa shape index (κ1) is 17.6. The van der Waals surface area contributed by atoms with Gasteiger partial charge < -0.3 is 15.8 Å². The Labute approximate surface area is 130 Å². The maximum atomic E-state index is 11.8. The highest BCUT2D eigenvalue weighted by Gasteiger charge is 2.28. The Morgan fingerprint density at radius 2 is 2.10 bits per heavy atom. The van der Waals surface area contributed by atoms with Crippen molar-refractivity contribution >= 4 is 24.1 Å². The average Bonchev–Trinajstić information content (AvgIpc) is 2.85. The number of Topliss-reactive ketones (excluding diaryl/α,β-unsaturated/α-hetero) is 1. The van der Waals surface area contributed by atoms with Gasteiger partial charge in [-0.15, -0.1) is 12.4 Å². The quantitative estimate of drug-likeness (QED) is 0.788. The molecule has 116 valence electrons. The van der Waals surface area contributed by atoms with E-state index in [9.17, 15) is 9.59 Å². The van der Waals surface area contributed by atoms with Gasteiger partial charge in [-0.05, 0) is 18.4 Å². The third kappa shape index (κ3) is 5.46. The van der Waals surface area contributed by atoms with Gasteiger partial charge >= 0.3 is 0 Å². The molecule has 1 fully saturated rings. The number of hydrogen-bond acceptors (Lipinski definition) is 4. The van der Waals surface area contributed by atoms with E-state index in [1.54, 1.807) is 0 Å². The molecule has 2 atom stereocenters. The van der Waals surface area contributed by atoms with Gasteiger partial charge in [0.25, 0.3) is 0 Å². The summed E-state index contributed by atoms with van der Waals surface area (Å²) in [4.78, 5) is 23.3. The van der Waals surface area contributed by atoms with E-state index in [-0.39, 0.29) is 36.6 Å². The second-order valence-electron chi connectivity index (χ2n) is 5.06. The maximum Gasteiger partial charge on any atom is 0.223 e. The van der Waals surface area contributed by atoms with Gasteiger partial charge in [0.1, 0.15) is 6.61 Å². The monoisotopic (exact) mass is 312 g/mol. The maximum absolute atomic E-state index is 11.8. The minimum Gasteiger partial charge on any atom is -0.369 e. The molecule has 1 saturated heterocycles. The van der Waals surface area contributed by atoms with E-state index in [0.29, 0.717) is 19.6 Å². The molecule has 2 rings (SSSR count). The Morgan fingerprint density at radius 1 is 1.38 bits per heavy atom. The number of ketones is 1. The lowest BCUT2D eigenvalue weighted by Gasteiger charge is -2.13. The topological polar surface area (TPSA) is 81.4 Å². The number of carbonyl (C=O) groups is 2. The summed E-state index contributed by atoms with van der Waals surface area (Å²) < 4.78 is 5.36. The zero-order valence-corrected chi connectivity index (χ0v) is 12.6. The molecular formula is C15H21ClN2O3. The number of rotatable bonds is 7. The summed E-state index contributed by atoms with van der Waals surface area (Å²) >= 11 is 0. The molecule has 3 N–H and O–H groups in total. The zero-order valence-electron chi connectivity index (χ0n) is 11.8. The molecule has 0 bridgehead atoms. The van der Waals surface area contributed by atoms with Crippen LogP contribution in [0.25, 0.3) is 0 Å². The van der Waals surface area contributed by atoms with E-state index in [2.05, 4.69) is 5.32 Å². The van der Waals surface area contributed by atoms with Crippen molar-refractivity contribution in [2.45, 2.75) is 25.5 Å². The Bertz CT molecular complexity index is 467. The molecule has 0 radical (unpaired) electrons. The number of nitrogens with one attached hydrogen (secondary N) is 1. The smallest absolute Gasteiger partial charge is 0.223 e. The van der Waals surface area contributed by atoms with Crippen LogP contribution >= 0.6 is 12.4 Å². The molecule has 1 aromatic carbocycles. The molecule has 5 nitrogen and oxygen atoms in total. The van der Waals surface area contributed by atoms with E-state index in [1.807, 2.05) is 30.3 Å². The molecule has 0 aromatic heterocycles. The SMILES string of the molecule is Cl.NC(CC1CCNC1=O)C(=O)COCc1ccccc1. The van der Waals surface area contributed by atoms with E-state index in [1.165, 1.54) is 0 Å². The van der Waals surface area contributed by atoms with Crippen molar-refractivity contribution in [2.75, 3.05) is 13.2 Å². The van der Waals surface area contributed by atoms with Crippen molar-refractivity contribution in [3.63, 3.8) is 0 Å². The highest BCUT2D eigenvalue weighted by atomic mass is 35.5. The predicted molar refractivity (Wildman–Crippen MR) is 82.1 cm³/mol. The second-order valence-corrected chi connectivity index (χ2v) is 5.06. The first-order chi connectivity index (χ1) is 9.66. The second kappa shape index (κ2) is 8.77. The molecule has 21 heavy (non-hydrogen) atoms. The van der Waals surface area contributed by atoms with Crippen molar-refractivity contribution in [3.8, 4) is 0 Å². The van der Waals surface area contributed by atoms with Gasteiger partial charge in [-0.2, -0.15) is 0 Å². The molecule has 1 heterocycles. The minimum absolute atomic E-state index is 0. The van der Waals surface area contributed by atoms with Crippen LogP contribution in [0.4, 0.5) is 0 Å². The molecule has 2 unspecified atom stereocenters. The number of amides is 1. The van der Waals surface area contributed by atoms with Crippen molar-refractivity contribution in [1.82, 2.24) is 5.32 Å². The number of halogens is 1. The van der Waals surface area contributed by atoms with Crippen LogP contribution in [0.3, 0.4) is 0 Å². The van der Waals surface area contributed by atoms with Crippen molar-refractivity contribution in [1.29, 1.82) is 0 Å². The van der Waals surface area contributed by atoms with E-state index in [0.717, 1.165) is 12.0 Å². The van der Waals surface area contributed by atoms with E-state index in [4.69, 9.17) is 10.5 Å². The number of hydrogen-bond donors (Lipinski definition) is 2. The fourth-order valence-corrected chi connectivity index (χ4v) is 2.26. The van der Waals surface area contributed by atoms with Crippen LogP contribution in [0, 0.1) is 5.92 Å². The molecule has 1 aliphatic rings. The fraction of sp³-hybridized carbons (Fsp3) is 0.467. The predicted octanol–water partition coefficient (Wildman–Crippen LogP) is 1.05. The lowest BCUT2D eigenvalue weighted by molar-refractivity contribution is -0.126. The first-order valence-corrected chi connectivity index (χ1v) is 6.84. The normalized spacial score (nSPS) is 18.7. The van der Waals surface area contributed by atoms with Gasteiger partial charge in [0.2, 0.25) is 5.91 Å². The van der Waals surface area contributed by atoms with Crippen LogP contribution in [0.1, 0.15) is 18.4 Å². The molecule has 1 aliphatic heterocycles. The van der Waals surface area contributed by atoms with Gasteiger partial charge in [0.05, 0.1) is 12.6 Å². The summed E-state index contributed by atoms with van der Waals surface area (Å²) in [6.07, 6.45) is 1.16. The third-order valence-corrected chi connectivity index (χ3v) is 3.47. The van der Waals surface area contributed by atoms with Crippen LogP contribution in [0.2, 0.25) is 0 Å². The largest absolute Gasteiger partial charge is 0.369 e. The standard InChI is InChI=1S/C15H20N2O3.ClH/c16-13(8-12-6-7-17-15(12)19)14(18)10-20-9-11-4-2-1-3-5-11;/h1-5,12-13H,6-10,16H2,(H,17,19);1H. The summed E-state index contributed by atoms with van der Waals surface area (Å²) in [7, 11) is 0. The van der Waals surface area contributed by atoms with Crippen molar-refractivity contribution < 1.29 is 14.3 Å². The summed E-state index contributed by atoms with van der Waals surface area (Å²) in [5.74, 6) is -0.290. The number of ether oxygens (including phenoxy) is 1. The van der Waals surface area contributed by atoms with Crippen LogP contribution < -0.4 is 11.1 Å². The lowest BCUT2D eigenvalue weighted by Crippen LogP contribution is -2.36. The van der Waals surface area contributed by atoms with Gasteiger partial charge in [-0.3, -0.25) is 9.59 Å². The molecular weight excluding hydrogens is 292 g/mol. The molecule has 1 aromatic rings. The lowest BCUT2D eigenvalue weighted by atomic mass is 9.97.